The zero-order valence-corrected chi connectivity index (χ0v) is 17.5. The van der Waals surface area contributed by atoms with Crippen LogP contribution in [0.3, 0.4) is 0 Å². The fourth-order valence-electron chi connectivity index (χ4n) is 4.60. The molecule has 0 saturated carbocycles. The molecule has 2 aliphatic heterocycles. The maximum Gasteiger partial charge on any atom is 0.223 e. The number of carbonyl (C=O) groups is 1. The number of nitrogens with one attached hydrogen (secondary N) is 1. The highest BCUT2D eigenvalue weighted by molar-refractivity contribution is 5.84. The summed E-state index contributed by atoms with van der Waals surface area (Å²) in [7, 11) is 1.64. The van der Waals surface area contributed by atoms with E-state index in [0.717, 1.165) is 11.3 Å². The SMILES string of the molecule is CCOc1ccc(C=CC23NC(=O)CCN2c2ccccc2C3(C)C)cc1OC. The van der Waals surface area contributed by atoms with Crippen molar-refractivity contribution in [3.63, 3.8) is 0 Å². The Balaban J connectivity index is 1.77. The molecule has 0 spiro atoms. The first-order chi connectivity index (χ1) is 13.9. The Kier molecular flexibility index (Phi) is 4.77. The Morgan fingerprint density at radius 3 is 2.72 bits per heavy atom. The van der Waals surface area contributed by atoms with E-state index in [1.165, 1.54) is 11.3 Å². The lowest BCUT2D eigenvalue weighted by Gasteiger charge is -2.49. The first kappa shape index (κ1) is 19.4. The van der Waals surface area contributed by atoms with Crippen LogP contribution >= 0.6 is 0 Å². The molecule has 0 radical (unpaired) electrons. The molecule has 5 nitrogen and oxygen atoms in total. The van der Waals surface area contributed by atoms with Gasteiger partial charge < -0.3 is 19.7 Å². The highest BCUT2D eigenvalue weighted by atomic mass is 16.5. The minimum absolute atomic E-state index is 0.0797. The number of rotatable bonds is 5. The molecule has 2 heterocycles. The molecule has 29 heavy (non-hydrogen) atoms. The van der Waals surface area contributed by atoms with Crippen LogP contribution in [0.4, 0.5) is 5.69 Å². The summed E-state index contributed by atoms with van der Waals surface area (Å²) in [6.45, 7) is 7.62. The van der Waals surface area contributed by atoms with E-state index in [1.807, 2.05) is 25.1 Å². The summed E-state index contributed by atoms with van der Waals surface area (Å²) in [6.07, 6.45) is 4.68. The van der Waals surface area contributed by atoms with Gasteiger partial charge in [0.05, 0.1) is 13.7 Å². The molecule has 1 saturated heterocycles. The van der Waals surface area contributed by atoms with Crippen LogP contribution in [0.5, 0.6) is 11.5 Å². The predicted octanol–water partition coefficient (Wildman–Crippen LogP) is 4.12. The Hall–Kier alpha value is -2.95. The topological polar surface area (TPSA) is 50.8 Å². The zero-order chi connectivity index (χ0) is 20.6. The molecule has 2 aromatic carbocycles. The highest BCUT2D eigenvalue weighted by Crippen LogP contribution is 2.52. The van der Waals surface area contributed by atoms with E-state index in [0.29, 0.717) is 25.3 Å². The molecule has 1 amide bonds. The van der Waals surface area contributed by atoms with E-state index >= 15 is 0 Å². The van der Waals surface area contributed by atoms with Crippen molar-refractivity contribution in [2.75, 3.05) is 25.2 Å². The molecular formula is C24H28N2O3. The first-order valence-electron chi connectivity index (χ1n) is 10.1. The summed E-state index contributed by atoms with van der Waals surface area (Å²) in [5.41, 5.74) is 2.53. The minimum Gasteiger partial charge on any atom is -0.493 e. The number of fused-ring (bicyclic) bond motifs is 3. The Labute approximate surface area is 172 Å². The van der Waals surface area contributed by atoms with Gasteiger partial charge in [0.2, 0.25) is 5.91 Å². The summed E-state index contributed by atoms with van der Waals surface area (Å²) in [5, 5.41) is 3.30. The van der Waals surface area contributed by atoms with Gasteiger partial charge in [-0.05, 0) is 42.3 Å². The largest absolute Gasteiger partial charge is 0.493 e. The quantitative estimate of drug-likeness (QED) is 0.832. The Bertz CT molecular complexity index is 966. The van der Waals surface area contributed by atoms with Gasteiger partial charge in [-0.1, -0.05) is 44.2 Å². The molecule has 152 valence electrons. The van der Waals surface area contributed by atoms with Crippen molar-refractivity contribution in [1.82, 2.24) is 5.32 Å². The lowest BCUT2D eigenvalue weighted by Crippen LogP contribution is -2.68. The van der Waals surface area contributed by atoms with Crippen LogP contribution in [0.25, 0.3) is 6.08 Å². The van der Waals surface area contributed by atoms with Crippen LogP contribution in [0.1, 0.15) is 38.3 Å². The van der Waals surface area contributed by atoms with E-state index in [1.54, 1.807) is 7.11 Å². The average Bonchev–Trinajstić information content (AvgIpc) is 2.91. The number of ether oxygens (including phenoxy) is 2. The number of hydrogen-bond acceptors (Lipinski definition) is 4. The second-order valence-corrected chi connectivity index (χ2v) is 8.03. The van der Waals surface area contributed by atoms with E-state index in [2.05, 4.69) is 60.5 Å². The lowest BCUT2D eigenvalue weighted by atomic mass is 9.74. The molecule has 2 aliphatic rings. The van der Waals surface area contributed by atoms with Crippen LogP contribution in [0.15, 0.2) is 48.5 Å². The zero-order valence-electron chi connectivity index (χ0n) is 17.5. The third-order valence-corrected chi connectivity index (χ3v) is 6.14. The molecule has 5 heteroatoms. The van der Waals surface area contributed by atoms with Gasteiger partial charge in [0.15, 0.2) is 11.5 Å². The van der Waals surface area contributed by atoms with Gasteiger partial charge in [0.1, 0.15) is 5.66 Å². The molecule has 2 aromatic rings. The first-order valence-corrected chi connectivity index (χ1v) is 10.1. The van der Waals surface area contributed by atoms with Gasteiger partial charge in [0, 0.05) is 24.1 Å². The lowest BCUT2D eigenvalue weighted by molar-refractivity contribution is -0.124. The van der Waals surface area contributed by atoms with Crippen molar-refractivity contribution in [2.45, 2.75) is 38.3 Å². The van der Waals surface area contributed by atoms with Crippen LogP contribution < -0.4 is 19.7 Å². The van der Waals surface area contributed by atoms with Crippen molar-refractivity contribution >= 4 is 17.7 Å². The number of hydrogen-bond donors (Lipinski definition) is 1. The number of benzene rings is 2. The number of nitrogens with zero attached hydrogens (tertiary/aromatic N) is 1. The van der Waals surface area contributed by atoms with E-state index in [4.69, 9.17) is 9.47 Å². The predicted molar refractivity (Wildman–Crippen MR) is 116 cm³/mol. The van der Waals surface area contributed by atoms with Gasteiger partial charge in [-0.15, -0.1) is 0 Å². The number of para-hydroxylation sites is 1. The summed E-state index contributed by atoms with van der Waals surface area (Å²) in [5.74, 6) is 1.51. The van der Waals surface area contributed by atoms with Gasteiger partial charge in [0.25, 0.3) is 0 Å². The third kappa shape index (κ3) is 2.96. The Morgan fingerprint density at radius 2 is 1.97 bits per heavy atom. The van der Waals surface area contributed by atoms with Crippen LogP contribution in [0.2, 0.25) is 0 Å². The molecule has 1 atom stereocenters. The molecule has 1 fully saturated rings. The summed E-state index contributed by atoms with van der Waals surface area (Å²) in [4.78, 5) is 14.8. The van der Waals surface area contributed by atoms with Gasteiger partial charge in [-0.3, -0.25) is 4.79 Å². The number of carbonyl (C=O) groups excluding carboxylic acids is 1. The van der Waals surface area contributed by atoms with Crippen LogP contribution in [0, 0.1) is 0 Å². The van der Waals surface area contributed by atoms with Gasteiger partial charge >= 0.3 is 0 Å². The highest BCUT2D eigenvalue weighted by Gasteiger charge is 2.57. The minimum atomic E-state index is -0.613. The monoisotopic (exact) mass is 392 g/mol. The second-order valence-electron chi connectivity index (χ2n) is 8.03. The Morgan fingerprint density at radius 1 is 1.17 bits per heavy atom. The maximum atomic E-state index is 12.5. The molecular weight excluding hydrogens is 364 g/mol. The molecule has 1 unspecified atom stereocenters. The van der Waals surface area contributed by atoms with Crippen LogP contribution in [-0.2, 0) is 10.2 Å². The smallest absolute Gasteiger partial charge is 0.223 e. The van der Waals surface area contributed by atoms with Crippen molar-refractivity contribution < 1.29 is 14.3 Å². The van der Waals surface area contributed by atoms with Crippen molar-refractivity contribution in [3.8, 4) is 11.5 Å². The second kappa shape index (κ2) is 7.14. The fraction of sp³-hybridized carbons (Fsp3) is 0.375. The molecule has 1 N–H and O–H groups in total. The molecule has 0 aromatic heterocycles. The van der Waals surface area contributed by atoms with Crippen molar-refractivity contribution in [1.29, 1.82) is 0 Å². The van der Waals surface area contributed by atoms with Gasteiger partial charge in [-0.2, -0.15) is 0 Å². The fourth-order valence-corrected chi connectivity index (χ4v) is 4.60. The third-order valence-electron chi connectivity index (χ3n) is 6.14. The van der Waals surface area contributed by atoms with E-state index < -0.39 is 5.66 Å². The molecule has 0 bridgehead atoms. The molecule has 0 aliphatic carbocycles. The van der Waals surface area contributed by atoms with E-state index in [-0.39, 0.29) is 11.3 Å². The van der Waals surface area contributed by atoms with Gasteiger partial charge in [-0.25, -0.2) is 0 Å². The number of anilines is 1. The van der Waals surface area contributed by atoms with Crippen molar-refractivity contribution in [2.24, 2.45) is 0 Å². The molecule has 4 rings (SSSR count). The summed E-state index contributed by atoms with van der Waals surface area (Å²) >= 11 is 0. The summed E-state index contributed by atoms with van der Waals surface area (Å²) < 4.78 is 11.1. The van der Waals surface area contributed by atoms with Crippen LogP contribution in [-0.4, -0.2) is 31.8 Å². The van der Waals surface area contributed by atoms with E-state index in [9.17, 15) is 4.79 Å². The summed E-state index contributed by atoms with van der Waals surface area (Å²) in [6, 6.07) is 14.3. The average molecular weight is 392 g/mol. The number of methoxy groups -OCH3 is 1. The maximum absolute atomic E-state index is 12.5. The normalized spacial score (nSPS) is 22.2. The number of amides is 1. The van der Waals surface area contributed by atoms with Crippen molar-refractivity contribution in [3.05, 3.63) is 59.7 Å². The standard InChI is InChI=1S/C24H28N2O3/c1-5-29-20-11-10-17(16-21(20)28-4)12-14-24-23(2,3)18-8-6-7-9-19(18)26(24)15-13-22(27)25-24/h6-12,14,16H,5,13,15H2,1-4H3,(H,25,27).